The Morgan fingerprint density at radius 3 is 2.41 bits per heavy atom. The van der Waals surface area contributed by atoms with Gasteiger partial charge in [0.25, 0.3) is 5.91 Å². The van der Waals surface area contributed by atoms with Crippen LogP contribution in [0.3, 0.4) is 0 Å². The van der Waals surface area contributed by atoms with Crippen molar-refractivity contribution in [3.63, 3.8) is 0 Å². The molecule has 0 saturated heterocycles. The number of thiophene rings is 1. The molecule has 4 rings (SSSR count). The molecule has 1 amide bonds. The maximum Gasteiger partial charge on any atom is 0.284 e. The maximum atomic E-state index is 13.0. The SMILES string of the molecule is CS(=O)(=O)Nc1ccc(C2=NN(C(=O)c3cccs3)C(c3ccccc3)C2)cc1. The van der Waals surface area contributed by atoms with Gasteiger partial charge in [-0.3, -0.25) is 9.52 Å². The number of hydrazone groups is 1. The molecule has 2 aromatic carbocycles. The molecule has 1 N–H and O–H groups in total. The van der Waals surface area contributed by atoms with Crippen LogP contribution in [-0.4, -0.2) is 31.3 Å². The van der Waals surface area contributed by atoms with E-state index in [0.29, 0.717) is 17.0 Å². The lowest BCUT2D eigenvalue weighted by Gasteiger charge is -2.21. The van der Waals surface area contributed by atoms with Crippen molar-refractivity contribution in [2.45, 2.75) is 12.5 Å². The fourth-order valence-corrected chi connectivity index (χ4v) is 4.48. The Kier molecular flexibility index (Phi) is 5.21. The Morgan fingerprint density at radius 2 is 1.79 bits per heavy atom. The van der Waals surface area contributed by atoms with Crippen molar-refractivity contribution >= 4 is 38.7 Å². The van der Waals surface area contributed by atoms with E-state index in [4.69, 9.17) is 0 Å². The smallest absolute Gasteiger partial charge is 0.284 e. The van der Waals surface area contributed by atoms with Crippen LogP contribution in [0.15, 0.2) is 77.2 Å². The molecular weight excluding hydrogens is 406 g/mol. The molecule has 2 heterocycles. The standard InChI is InChI=1S/C21H19N3O3S2/c1-29(26,27)23-17-11-9-15(10-12-17)18-14-19(16-6-3-2-4-7-16)24(22-18)21(25)20-8-5-13-28-20/h2-13,19,23H,14H2,1H3. The summed E-state index contributed by atoms with van der Waals surface area (Å²) in [4.78, 5) is 13.7. The fraction of sp³-hybridized carbons (Fsp3) is 0.143. The van der Waals surface area contributed by atoms with Crippen molar-refractivity contribution in [3.05, 3.63) is 88.1 Å². The van der Waals surface area contributed by atoms with Crippen molar-refractivity contribution in [2.24, 2.45) is 5.10 Å². The van der Waals surface area contributed by atoms with Crippen molar-refractivity contribution < 1.29 is 13.2 Å². The minimum atomic E-state index is -3.33. The molecule has 0 radical (unpaired) electrons. The normalized spacial score (nSPS) is 16.5. The van der Waals surface area contributed by atoms with Crippen LogP contribution >= 0.6 is 11.3 Å². The lowest BCUT2D eigenvalue weighted by molar-refractivity contribution is 0.0716. The highest BCUT2D eigenvalue weighted by atomic mass is 32.2. The molecule has 6 nitrogen and oxygen atoms in total. The van der Waals surface area contributed by atoms with E-state index < -0.39 is 10.0 Å². The number of hydrogen-bond donors (Lipinski definition) is 1. The van der Waals surface area contributed by atoms with Crippen LogP contribution in [0.5, 0.6) is 0 Å². The molecule has 8 heteroatoms. The molecule has 0 spiro atoms. The van der Waals surface area contributed by atoms with Gasteiger partial charge in [0, 0.05) is 12.1 Å². The average Bonchev–Trinajstić information content (AvgIpc) is 3.38. The van der Waals surface area contributed by atoms with Gasteiger partial charge in [0.15, 0.2) is 0 Å². The van der Waals surface area contributed by atoms with Crippen molar-refractivity contribution in [2.75, 3.05) is 11.0 Å². The summed E-state index contributed by atoms with van der Waals surface area (Å²) in [7, 11) is -3.33. The van der Waals surface area contributed by atoms with Crippen molar-refractivity contribution in [3.8, 4) is 0 Å². The van der Waals surface area contributed by atoms with Gasteiger partial charge in [-0.2, -0.15) is 5.10 Å². The second-order valence-electron chi connectivity index (χ2n) is 6.76. The number of nitrogens with zero attached hydrogens (tertiary/aromatic N) is 2. The summed E-state index contributed by atoms with van der Waals surface area (Å²) in [6, 6.07) is 20.3. The third-order valence-electron chi connectivity index (χ3n) is 4.56. The maximum absolute atomic E-state index is 13.0. The highest BCUT2D eigenvalue weighted by Crippen LogP contribution is 2.34. The molecule has 0 saturated carbocycles. The first-order valence-electron chi connectivity index (χ1n) is 8.98. The Balaban J connectivity index is 1.65. The summed E-state index contributed by atoms with van der Waals surface area (Å²) in [5.74, 6) is -0.126. The minimum Gasteiger partial charge on any atom is -0.284 e. The van der Waals surface area contributed by atoms with Gasteiger partial charge in [0.05, 0.1) is 22.9 Å². The van der Waals surface area contributed by atoms with Crippen LogP contribution < -0.4 is 4.72 Å². The second kappa shape index (κ2) is 7.81. The Morgan fingerprint density at radius 1 is 1.07 bits per heavy atom. The van der Waals surface area contributed by atoms with Gasteiger partial charge in [0.2, 0.25) is 10.0 Å². The number of carbonyl (C=O) groups is 1. The number of rotatable bonds is 5. The Hall–Kier alpha value is -2.97. The zero-order valence-corrected chi connectivity index (χ0v) is 17.3. The Labute approximate surface area is 173 Å². The molecule has 1 unspecified atom stereocenters. The van der Waals surface area contributed by atoms with Gasteiger partial charge in [-0.15, -0.1) is 11.3 Å². The monoisotopic (exact) mass is 425 g/mol. The number of benzene rings is 2. The zero-order chi connectivity index (χ0) is 20.4. The fourth-order valence-electron chi connectivity index (χ4n) is 3.26. The van der Waals surface area contributed by atoms with Gasteiger partial charge in [-0.05, 0) is 34.7 Å². The Bertz CT molecular complexity index is 1140. The van der Waals surface area contributed by atoms with Crippen LogP contribution in [0.25, 0.3) is 0 Å². The highest BCUT2D eigenvalue weighted by molar-refractivity contribution is 7.92. The molecule has 1 atom stereocenters. The number of carbonyl (C=O) groups excluding carboxylic acids is 1. The predicted molar refractivity (Wildman–Crippen MR) is 116 cm³/mol. The first kappa shape index (κ1) is 19.4. The molecule has 1 aromatic heterocycles. The van der Waals surface area contributed by atoms with Gasteiger partial charge in [-0.1, -0.05) is 48.5 Å². The molecule has 1 aliphatic rings. The summed E-state index contributed by atoms with van der Waals surface area (Å²) < 4.78 is 25.2. The molecule has 1 aliphatic heterocycles. The molecular formula is C21H19N3O3S2. The van der Waals surface area contributed by atoms with Gasteiger partial charge >= 0.3 is 0 Å². The molecule has 0 fully saturated rings. The van der Waals surface area contributed by atoms with E-state index in [1.54, 1.807) is 23.2 Å². The van der Waals surface area contributed by atoms with Crippen LogP contribution in [0.1, 0.15) is 33.3 Å². The largest absolute Gasteiger partial charge is 0.284 e. The molecule has 3 aromatic rings. The van der Waals surface area contributed by atoms with Crippen LogP contribution in [0, 0.1) is 0 Å². The minimum absolute atomic E-state index is 0.126. The average molecular weight is 426 g/mol. The lowest BCUT2D eigenvalue weighted by atomic mass is 9.98. The molecule has 0 bridgehead atoms. The van der Waals surface area contributed by atoms with Gasteiger partial charge in [-0.25, -0.2) is 13.4 Å². The first-order valence-corrected chi connectivity index (χ1v) is 11.8. The number of hydrogen-bond acceptors (Lipinski definition) is 5. The predicted octanol–water partition coefficient (Wildman–Crippen LogP) is 4.11. The molecule has 29 heavy (non-hydrogen) atoms. The second-order valence-corrected chi connectivity index (χ2v) is 9.45. The highest BCUT2D eigenvalue weighted by Gasteiger charge is 2.33. The van der Waals surface area contributed by atoms with E-state index in [1.807, 2.05) is 53.9 Å². The van der Waals surface area contributed by atoms with E-state index in [0.717, 1.165) is 23.1 Å². The summed E-state index contributed by atoms with van der Waals surface area (Å²) in [5, 5.41) is 8.07. The number of anilines is 1. The van der Waals surface area contributed by atoms with E-state index >= 15 is 0 Å². The summed E-state index contributed by atoms with van der Waals surface area (Å²) >= 11 is 1.39. The van der Waals surface area contributed by atoms with Crippen molar-refractivity contribution in [1.29, 1.82) is 0 Å². The van der Waals surface area contributed by atoms with E-state index in [2.05, 4.69) is 9.82 Å². The van der Waals surface area contributed by atoms with Crippen LogP contribution in [-0.2, 0) is 10.0 Å². The number of nitrogens with one attached hydrogen (secondary N) is 1. The third-order valence-corrected chi connectivity index (χ3v) is 6.02. The summed E-state index contributed by atoms with van der Waals surface area (Å²) in [5.41, 5.74) is 3.15. The van der Waals surface area contributed by atoms with Crippen molar-refractivity contribution in [1.82, 2.24) is 5.01 Å². The summed E-state index contributed by atoms with van der Waals surface area (Å²) in [6.45, 7) is 0. The van der Waals surface area contributed by atoms with E-state index in [9.17, 15) is 13.2 Å². The number of sulfonamides is 1. The third kappa shape index (κ3) is 4.38. The zero-order valence-electron chi connectivity index (χ0n) is 15.6. The van der Waals surface area contributed by atoms with E-state index in [-0.39, 0.29) is 11.9 Å². The van der Waals surface area contributed by atoms with E-state index in [1.165, 1.54) is 11.3 Å². The lowest BCUT2D eigenvalue weighted by Crippen LogP contribution is -2.26. The van der Waals surface area contributed by atoms with Gasteiger partial charge in [0.1, 0.15) is 0 Å². The molecule has 0 aliphatic carbocycles. The number of amides is 1. The quantitative estimate of drug-likeness (QED) is 0.668. The molecule has 148 valence electrons. The summed E-state index contributed by atoms with van der Waals surface area (Å²) in [6.07, 6.45) is 1.69. The van der Waals surface area contributed by atoms with Crippen LogP contribution in [0.2, 0.25) is 0 Å². The topological polar surface area (TPSA) is 78.8 Å². The first-order chi connectivity index (χ1) is 13.9. The van der Waals surface area contributed by atoms with Crippen LogP contribution in [0.4, 0.5) is 5.69 Å². The van der Waals surface area contributed by atoms with Gasteiger partial charge < -0.3 is 0 Å².